The second-order valence-corrected chi connectivity index (χ2v) is 4.74. The highest BCUT2D eigenvalue weighted by molar-refractivity contribution is 9.11. The van der Waals surface area contributed by atoms with Crippen LogP contribution in [-0.4, -0.2) is 4.98 Å². The lowest BCUT2D eigenvalue weighted by Gasteiger charge is -2.16. The molecule has 5 heteroatoms. The molecule has 0 aliphatic carbocycles. The first-order chi connectivity index (χ1) is 6.56. The quantitative estimate of drug-likeness (QED) is 0.511. The van der Waals surface area contributed by atoms with Gasteiger partial charge in [0.25, 0.3) is 0 Å². The van der Waals surface area contributed by atoms with Crippen molar-refractivity contribution in [3.8, 4) is 0 Å². The van der Waals surface area contributed by atoms with Gasteiger partial charge in [0.1, 0.15) is 0 Å². The third-order valence-corrected chi connectivity index (χ3v) is 2.84. The van der Waals surface area contributed by atoms with Crippen LogP contribution in [0.4, 0.5) is 0 Å². The first kappa shape index (κ1) is 11.8. The number of pyridine rings is 1. The topological polar surface area (TPSA) is 50.9 Å². The number of hydrogen-bond acceptors (Lipinski definition) is 3. The van der Waals surface area contributed by atoms with Gasteiger partial charge < -0.3 is 0 Å². The minimum absolute atomic E-state index is 0.127. The molecule has 0 bridgehead atoms. The molecular formula is C9H11Br2N3. The second-order valence-electron chi connectivity index (χ2n) is 2.97. The Kier molecular flexibility index (Phi) is 4.25. The number of halogens is 2. The molecule has 1 atom stereocenters. The van der Waals surface area contributed by atoms with Crippen molar-refractivity contribution in [1.29, 1.82) is 0 Å². The standard InChI is InChI=1S/C9H11Br2N3/c1-5(2)8(14-12)9-7(11)3-6(10)4-13-9/h3-4,8,14H,1,12H2,2H3. The normalized spacial score (nSPS) is 12.6. The van der Waals surface area contributed by atoms with Crippen molar-refractivity contribution in [3.05, 3.63) is 39.1 Å². The van der Waals surface area contributed by atoms with E-state index >= 15 is 0 Å². The lowest BCUT2D eigenvalue weighted by atomic mass is 10.1. The van der Waals surface area contributed by atoms with Crippen molar-refractivity contribution in [2.75, 3.05) is 0 Å². The molecule has 14 heavy (non-hydrogen) atoms. The Hall–Kier alpha value is -0.230. The maximum atomic E-state index is 5.43. The Labute approximate surface area is 100 Å². The Morgan fingerprint density at radius 3 is 2.71 bits per heavy atom. The molecule has 1 aromatic rings. The molecular weight excluding hydrogens is 310 g/mol. The van der Waals surface area contributed by atoms with Gasteiger partial charge in [-0.1, -0.05) is 12.2 Å². The summed E-state index contributed by atoms with van der Waals surface area (Å²) in [5.41, 5.74) is 4.43. The van der Waals surface area contributed by atoms with Crippen LogP contribution in [0.15, 0.2) is 33.4 Å². The molecule has 1 rings (SSSR count). The van der Waals surface area contributed by atoms with E-state index in [1.165, 1.54) is 0 Å². The van der Waals surface area contributed by atoms with Crippen LogP contribution >= 0.6 is 31.9 Å². The fourth-order valence-corrected chi connectivity index (χ4v) is 2.31. The van der Waals surface area contributed by atoms with Gasteiger partial charge in [0.05, 0.1) is 11.7 Å². The van der Waals surface area contributed by atoms with Crippen LogP contribution in [-0.2, 0) is 0 Å². The van der Waals surface area contributed by atoms with E-state index in [-0.39, 0.29) is 6.04 Å². The minimum Gasteiger partial charge on any atom is -0.271 e. The number of hydrogen-bond donors (Lipinski definition) is 2. The molecule has 76 valence electrons. The van der Waals surface area contributed by atoms with E-state index in [2.05, 4.69) is 48.8 Å². The first-order valence-electron chi connectivity index (χ1n) is 3.98. The molecule has 3 nitrogen and oxygen atoms in total. The van der Waals surface area contributed by atoms with Gasteiger partial charge in [0.2, 0.25) is 0 Å². The zero-order valence-corrected chi connectivity index (χ0v) is 10.9. The van der Waals surface area contributed by atoms with Crippen LogP contribution in [0, 0.1) is 0 Å². The van der Waals surface area contributed by atoms with Crippen LogP contribution < -0.4 is 11.3 Å². The van der Waals surface area contributed by atoms with Crippen molar-refractivity contribution in [2.45, 2.75) is 13.0 Å². The van der Waals surface area contributed by atoms with Gasteiger partial charge >= 0.3 is 0 Å². The van der Waals surface area contributed by atoms with Gasteiger partial charge in [-0.25, -0.2) is 5.43 Å². The molecule has 0 aromatic carbocycles. The van der Waals surface area contributed by atoms with E-state index in [0.717, 1.165) is 20.2 Å². The summed E-state index contributed by atoms with van der Waals surface area (Å²) in [5, 5.41) is 0. The number of rotatable bonds is 3. The molecule has 0 saturated carbocycles. The third kappa shape index (κ3) is 2.63. The fraction of sp³-hybridized carbons (Fsp3) is 0.222. The molecule has 0 saturated heterocycles. The van der Waals surface area contributed by atoms with Crippen LogP contribution in [0.5, 0.6) is 0 Å². The predicted octanol–water partition coefficient (Wildman–Crippen LogP) is 2.69. The lowest BCUT2D eigenvalue weighted by molar-refractivity contribution is 0.608. The van der Waals surface area contributed by atoms with Gasteiger partial charge in [-0.15, -0.1) is 0 Å². The molecule has 0 fully saturated rings. The Morgan fingerprint density at radius 1 is 1.64 bits per heavy atom. The zero-order chi connectivity index (χ0) is 10.7. The van der Waals surface area contributed by atoms with Crippen LogP contribution in [0.3, 0.4) is 0 Å². The Morgan fingerprint density at radius 2 is 2.29 bits per heavy atom. The highest BCUT2D eigenvalue weighted by Gasteiger charge is 2.15. The number of hydrazine groups is 1. The summed E-state index contributed by atoms with van der Waals surface area (Å²) < 4.78 is 1.82. The molecule has 1 heterocycles. The predicted molar refractivity (Wildman–Crippen MR) is 64.5 cm³/mol. The van der Waals surface area contributed by atoms with Gasteiger partial charge in [-0.05, 0) is 44.8 Å². The summed E-state index contributed by atoms with van der Waals surface area (Å²) >= 11 is 6.77. The van der Waals surface area contributed by atoms with E-state index in [0.29, 0.717) is 0 Å². The SMILES string of the molecule is C=C(C)C(NN)c1ncc(Br)cc1Br. The number of nitrogens with one attached hydrogen (secondary N) is 1. The molecule has 0 radical (unpaired) electrons. The van der Waals surface area contributed by atoms with E-state index in [1.807, 2.05) is 13.0 Å². The number of aromatic nitrogens is 1. The first-order valence-corrected chi connectivity index (χ1v) is 5.57. The minimum atomic E-state index is -0.127. The Bertz CT molecular complexity index is 352. The summed E-state index contributed by atoms with van der Waals surface area (Å²) in [6, 6.07) is 1.80. The molecule has 0 spiro atoms. The van der Waals surface area contributed by atoms with Crippen LogP contribution in [0.1, 0.15) is 18.7 Å². The van der Waals surface area contributed by atoms with Gasteiger partial charge in [-0.2, -0.15) is 0 Å². The average Bonchev–Trinajstić information content (AvgIpc) is 2.09. The third-order valence-electron chi connectivity index (χ3n) is 1.77. The summed E-state index contributed by atoms with van der Waals surface area (Å²) in [5.74, 6) is 5.43. The lowest BCUT2D eigenvalue weighted by Crippen LogP contribution is -2.29. The molecule has 1 unspecified atom stereocenters. The Balaban J connectivity index is 3.10. The molecule has 0 amide bonds. The van der Waals surface area contributed by atoms with E-state index in [4.69, 9.17) is 5.84 Å². The van der Waals surface area contributed by atoms with E-state index < -0.39 is 0 Å². The van der Waals surface area contributed by atoms with Crippen molar-refractivity contribution >= 4 is 31.9 Å². The second kappa shape index (κ2) is 5.02. The maximum Gasteiger partial charge on any atom is 0.0847 e. The smallest absolute Gasteiger partial charge is 0.0847 e. The van der Waals surface area contributed by atoms with Gasteiger partial charge in [0, 0.05) is 15.1 Å². The van der Waals surface area contributed by atoms with E-state index in [9.17, 15) is 0 Å². The van der Waals surface area contributed by atoms with Gasteiger partial charge in [0.15, 0.2) is 0 Å². The summed E-state index contributed by atoms with van der Waals surface area (Å²) in [6.45, 7) is 5.75. The molecule has 1 aromatic heterocycles. The number of nitrogens with zero attached hydrogens (tertiary/aromatic N) is 1. The summed E-state index contributed by atoms with van der Waals surface area (Å²) in [7, 11) is 0. The van der Waals surface area contributed by atoms with Crippen LogP contribution in [0.2, 0.25) is 0 Å². The number of nitrogens with two attached hydrogens (primary N) is 1. The largest absolute Gasteiger partial charge is 0.271 e. The van der Waals surface area contributed by atoms with Crippen molar-refractivity contribution < 1.29 is 0 Å². The molecule has 3 N–H and O–H groups in total. The zero-order valence-electron chi connectivity index (χ0n) is 7.72. The highest BCUT2D eigenvalue weighted by Crippen LogP contribution is 2.27. The average molecular weight is 321 g/mol. The highest BCUT2D eigenvalue weighted by atomic mass is 79.9. The van der Waals surface area contributed by atoms with Crippen molar-refractivity contribution in [1.82, 2.24) is 10.4 Å². The summed E-state index contributed by atoms with van der Waals surface area (Å²) in [6.07, 6.45) is 1.73. The molecule has 0 aliphatic heterocycles. The molecule has 0 aliphatic rings. The van der Waals surface area contributed by atoms with Crippen molar-refractivity contribution in [2.24, 2.45) is 5.84 Å². The van der Waals surface area contributed by atoms with Crippen LogP contribution in [0.25, 0.3) is 0 Å². The summed E-state index contributed by atoms with van der Waals surface area (Å²) in [4.78, 5) is 4.27. The maximum absolute atomic E-state index is 5.43. The fourth-order valence-electron chi connectivity index (χ4n) is 1.09. The van der Waals surface area contributed by atoms with Crippen molar-refractivity contribution in [3.63, 3.8) is 0 Å². The van der Waals surface area contributed by atoms with E-state index in [1.54, 1.807) is 6.20 Å². The van der Waals surface area contributed by atoms with Gasteiger partial charge in [-0.3, -0.25) is 10.8 Å². The monoisotopic (exact) mass is 319 g/mol.